The maximum absolute atomic E-state index is 13.8. The van der Waals surface area contributed by atoms with Crippen molar-refractivity contribution in [3.05, 3.63) is 63.6 Å². The van der Waals surface area contributed by atoms with E-state index in [1.165, 1.54) is 12.1 Å². The Balaban J connectivity index is 1.97. The van der Waals surface area contributed by atoms with Gasteiger partial charge < -0.3 is 5.32 Å². The SMILES string of the molecule is Fc1ccccc1C1CCc2c(F)cc(Br)cc2N1. The third-order valence-electron chi connectivity index (χ3n) is 3.45. The highest BCUT2D eigenvalue weighted by atomic mass is 79.9. The van der Waals surface area contributed by atoms with Crippen molar-refractivity contribution in [1.29, 1.82) is 0 Å². The topological polar surface area (TPSA) is 12.0 Å². The van der Waals surface area contributed by atoms with Gasteiger partial charge in [0.25, 0.3) is 0 Å². The molecule has 1 heterocycles. The van der Waals surface area contributed by atoms with E-state index in [4.69, 9.17) is 0 Å². The first-order valence-corrected chi connectivity index (χ1v) is 6.93. The molecule has 0 saturated heterocycles. The molecule has 0 fully saturated rings. The quantitative estimate of drug-likeness (QED) is 0.792. The highest BCUT2D eigenvalue weighted by Gasteiger charge is 2.23. The molecule has 2 aromatic carbocycles. The zero-order valence-corrected chi connectivity index (χ0v) is 11.7. The van der Waals surface area contributed by atoms with Crippen molar-refractivity contribution in [1.82, 2.24) is 0 Å². The molecular weight excluding hydrogens is 312 g/mol. The number of nitrogens with one attached hydrogen (secondary N) is 1. The summed E-state index contributed by atoms with van der Waals surface area (Å²) in [6.07, 6.45) is 1.30. The van der Waals surface area contributed by atoms with Gasteiger partial charge in [0.05, 0.1) is 6.04 Å². The van der Waals surface area contributed by atoms with Crippen molar-refractivity contribution in [3.8, 4) is 0 Å². The molecule has 2 aromatic rings. The van der Waals surface area contributed by atoms with Crippen LogP contribution in [0.4, 0.5) is 14.5 Å². The molecular formula is C15H12BrF2N. The smallest absolute Gasteiger partial charge is 0.129 e. The Kier molecular flexibility index (Phi) is 3.27. The molecule has 1 nitrogen and oxygen atoms in total. The zero-order valence-electron chi connectivity index (χ0n) is 10.1. The number of fused-ring (bicyclic) bond motifs is 1. The van der Waals surface area contributed by atoms with Gasteiger partial charge in [-0.3, -0.25) is 0 Å². The van der Waals surface area contributed by atoms with Crippen LogP contribution in [0, 0.1) is 11.6 Å². The predicted octanol–water partition coefficient (Wildman–Crippen LogP) is 4.83. The van der Waals surface area contributed by atoms with E-state index in [1.807, 2.05) is 12.1 Å². The molecule has 0 bridgehead atoms. The van der Waals surface area contributed by atoms with Gasteiger partial charge in [0.2, 0.25) is 0 Å². The molecule has 1 unspecified atom stereocenters. The molecule has 0 saturated carbocycles. The van der Waals surface area contributed by atoms with E-state index < -0.39 is 0 Å². The van der Waals surface area contributed by atoms with Crippen molar-refractivity contribution in [2.45, 2.75) is 18.9 Å². The number of rotatable bonds is 1. The van der Waals surface area contributed by atoms with Crippen molar-refractivity contribution in [3.63, 3.8) is 0 Å². The summed E-state index contributed by atoms with van der Waals surface area (Å²) in [5.74, 6) is -0.442. The maximum atomic E-state index is 13.8. The van der Waals surface area contributed by atoms with E-state index >= 15 is 0 Å². The van der Waals surface area contributed by atoms with Crippen LogP contribution in [0.15, 0.2) is 40.9 Å². The fraction of sp³-hybridized carbons (Fsp3) is 0.200. The van der Waals surface area contributed by atoms with Gasteiger partial charge in [-0.05, 0) is 31.0 Å². The van der Waals surface area contributed by atoms with Crippen LogP contribution < -0.4 is 5.32 Å². The Hall–Kier alpha value is -1.42. The van der Waals surface area contributed by atoms with Crippen LogP contribution in [0.3, 0.4) is 0 Å². The first-order chi connectivity index (χ1) is 9.15. The van der Waals surface area contributed by atoms with E-state index in [2.05, 4.69) is 21.2 Å². The molecule has 0 radical (unpaired) electrons. The average Bonchev–Trinajstić information content (AvgIpc) is 2.38. The van der Waals surface area contributed by atoms with Crippen LogP contribution in [0.1, 0.15) is 23.6 Å². The number of anilines is 1. The standard InChI is InChI=1S/C15H12BrF2N/c16-9-7-13(18)11-5-6-14(19-15(11)8-9)10-3-1-2-4-12(10)17/h1-4,7-8,14,19H,5-6H2. The molecule has 1 atom stereocenters. The number of hydrogen-bond donors (Lipinski definition) is 1. The lowest BCUT2D eigenvalue weighted by molar-refractivity contribution is 0.555. The van der Waals surface area contributed by atoms with Gasteiger partial charge in [0.1, 0.15) is 11.6 Å². The largest absolute Gasteiger partial charge is 0.378 e. The molecule has 0 spiro atoms. The summed E-state index contributed by atoms with van der Waals surface area (Å²) in [7, 11) is 0. The van der Waals surface area contributed by atoms with Crippen LogP contribution in [-0.4, -0.2) is 0 Å². The van der Waals surface area contributed by atoms with Gasteiger partial charge in [0.15, 0.2) is 0 Å². The number of hydrogen-bond acceptors (Lipinski definition) is 1. The molecule has 0 amide bonds. The van der Waals surface area contributed by atoms with Gasteiger partial charge in [-0.25, -0.2) is 8.78 Å². The molecule has 1 N–H and O–H groups in total. The van der Waals surface area contributed by atoms with E-state index in [1.54, 1.807) is 12.1 Å². The number of benzene rings is 2. The Morgan fingerprint density at radius 3 is 2.68 bits per heavy atom. The Morgan fingerprint density at radius 1 is 1.11 bits per heavy atom. The van der Waals surface area contributed by atoms with Crippen molar-refractivity contribution in [2.75, 3.05) is 5.32 Å². The second kappa shape index (κ2) is 4.93. The van der Waals surface area contributed by atoms with Crippen LogP contribution in [0.25, 0.3) is 0 Å². The Morgan fingerprint density at radius 2 is 1.89 bits per heavy atom. The lowest BCUT2D eigenvalue weighted by Crippen LogP contribution is -2.20. The van der Waals surface area contributed by atoms with E-state index in [0.29, 0.717) is 28.4 Å². The minimum absolute atomic E-state index is 0.109. The van der Waals surface area contributed by atoms with E-state index in [0.717, 1.165) is 5.69 Å². The van der Waals surface area contributed by atoms with Crippen molar-refractivity contribution < 1.29 is 8.78 Å². The predicted molar refractivity (Wildman–Crippen MR) is 75.2 cm³/mol. The monoisotopic (exact) mass is 323 g/mol. The maximum Gasteiger partial charge on any atom is 0.129 e. The van der Waals surface area contributed by atoms with E-state index in [-0.39, 0.29) is 17.7 Å². The Labute approximate surface area is 118 Å². The normalized spacial score (nSPS) is 17.7. The van der Waals surface area contributed by atoms with Gasteiger partial charge in [-0.1, -0.05) is 34.1 Å². The molecule has 1 aliphatic heterocycles. The summed E-state index contributed by atoms with van der Waals surface area (Å²) in [6, 6.07) is 9.90. The third kappa shape index (κ3) is 2.37. The molecule has 0 aliphatic carbocycles. The molecule has 4 heteroatoms. The summed E-state index contributed by atoms with van der Waals surface area (Å²) in [5.41, 5.74) is 2.05. The van der Waals surface area contributed by atoms with Crippen molar-refractivity contribution in [2.24, 2.45) is 0 Å². The summed E-state index contributed by atoms with van der Waals surface area (Å²) < 4.78 is 28.3. The second-order valence-corrected chi connectivity index (χ2v) is 5.59. The van der Waals surface area contributed by atoms with Gasteiger partial charge >= 0.3 is 0 Å². The van der Waals surface area contributed by atoms with Crippen LogP contribution >= 0.6 is 15.9 Å². The van der Waals surface area contributed by atoms with Gasteiger partial charge in [-0.15, -0.1) is 0 Å². The zero-order chi connectivity index (χ0) is 13.4. The van der Waals surface area contributed by atoms with Crippen LogP contribution in [0.5, 0.6) is 0 Å². The first kappa shape index (κ1) is 12.6. The highest BCUT2D eigenvalue weighted by Crippen LogP contribution is 2.36. The minimum Gasteiger partial charge on any atom is -0.378 e. The van der Waals surface area contributed by atoms with Crippen LogP contribution in [-0.2, 0) is 6.42 Å². The first-order valence-electron chi connectivity index (χ1n) is 6.14. The molecule has 3 rings (SSSR count). The molecule has 0 aromatic heterocycles. The third-order valence-corrected chi connectivity index (χ3v) is 3.91. The minimum atomic E-state index is -0.223. The fourth-order valence-corrected chi connectivity index (χ4v) is 2.96. The molecule has 98 valence electrons. The van der Waals surface area contributed by atoms with Gasteiger partial charge in [-0.2, -0.15) is 0 Å². The van der Waals surface area contributed by atoms with E-state index in [9.17, 15) is 8.78 Å². The molecule has 1 aliphatic rings. The van der Waals surface area contributed by atoms with Crippen molar-refractivity contribution >= 4 is 21.6 Å². The second-order valence-electron chi connectivity index (χ2n) is 4.67. The van der Waals surface area contributed by atoms with Gasteiger partial charge in [0, 0.05) is 21.3 Å². The summed E-state index contributed by atoms with van der Waals surface area (Å²) >= 11 is 3.28. The lowest BCUT2D eigenvalue weighted by atomic mass is 9.93. The molecule has 19 heavy (non-hydrogen) atoms. The summed E-state index contributed by atoms with van der Waals surface area (Å²) in [6.45, 7) is 0. The van der Waals surface area contributed by atoms with Crippen LogP contribution in [0.2, 0.25) is 0 Å². The fourth-order valence-electron chi connectivity index (χ4n) is 2.53. The highest BCUT2D eigenvalue weighted by molar-refractivity contribution is 9.10. The average molecular weight is 324 g/mol. The summed E-state index contributed by atoms with van der Waals surface area (Å²) in [4.78, 5) is 0. The number of halogens is 3. The summed E-state index contributed by atoms with van der Waals surface area (Å²) in [5, 5.41) is 3.23. The Bertz CT molecular complexity index is 628. The lowest BCUT2D eigenvalue weighted by Gasteiger charge is -2.28.